The molecule has 1 aromatic heterocycles. The molecule has 0 saturated carbocycles. The normalized spacial score (nSPS) is 17.8. The Morgan fingerprint density at radius 2 is 2.06 bits per heavy atom. The van der Waals surface area contributed by atoms with E-state index in [0.717, 1.165) is 38.5 Å². The number of hydrogen-bond donors (Lipinski definition) is 1. The number of aliphatic hydroxyl groups is 1. The highest BCUT2D eigenvalue weighted by molar-refractivity contribution is 5.46. The first-order valence-electron chi connectivity index (χ1n) is 5.81. The summed E-state index contributed by atoms with van der Waals surface area (Å²) in [6, 6.07) is 4.07. The minimum atomic E-state index is 0.253. The van der Waals surface area contributed by atoms with Crippen LogP contribution in [0.1, 0.15) is 5.56 Å². The van der Waals surface area contributed by atoms with Crippen LogP contribution in [0.4, 0.5) is 5.82 Å². The first-order valence-corrected chi connectivity index (χ1v) is 5.81. The first-order chi connectivity index (χ1) is 7.81. The zero-order valence-electron chi connectivity index (χ0n) is 9.76. The first kappa shape index (κ1) is 11.4. The molecule has 1 aliphatic heterocycles. The van der Waals surface area contributed by atoms with Crippen LogP contribution >= 0.6 is 0 Å². The van der Waals surface area contributed by atoms with Crippen LogP contribution in [0.5, 0.6) is 0 Å². The van der Waals surface area contributed by atoms with Crippen molar-refractivity contribution in [2.24, 2.45) is 0 Å². The number of piperazine rings is 1. The van der Waals surface area contributed by atoms with Gasteiger partial charge in [0, 0.05) is 38.9 Å². The van der Waals surface area contributed by atoms with E-state index in [-0.39, 0.29) is 6.61 Å². The van der Waals surface area contributed by atoms with E-state index in [0.29, 0.717) is 0 Å². The summed E-state index contributed by atoms with van der Waals surface area (Å²) in [7, 11) is 0. The van der Waals surface area contributed by atoms with Crippen LogP contribution in [0.2, 0.25) is 0 Å². The Morgan fingerprint density at radius 1 is 1.31 bits per heavy atom. The molecule has 0 radical (unpaired) electrons. The average Bonchev–Trinajstić information content (AvgIpc) is 2.31. The highest BCUT2D eigenvalue weighted by Crippen LogP contribution is 2.17. The second-order valence-corrected chi connectivity index (χ2v) is 4.20. The van der Waals surface area contributed by atoms with Crippen molar-refractivity contribution in [3.63, 3.8) is 0 Å². The summed E-state index contributed by atoms with van der Waals surface area (Å²) in [5, 5.41) is 8.88. The van der Waals surface area contributed by atoms with Gasteiger partial charge in [-0.05, 0) is 18.6 Å². The largest absolute Gasteiger partial charge is 0.395 e. The number of nitrogens with zero attached hydrogens (tertiary/aromatic N) is 3. The summed E-state index contributed by atoms with van der Waals surface area (Å²) < 4.78 is 0. The van der Waals surface area contributed by atoms with E-state index in [1.165, 1.54) is 5.56 Å². The molecule has 0 spiro atoms. The lowest BCUT2D eigenvalue weighted by atomic mass is 10.2. The van der Waals surface area contributed by atoms with E-state index in [4.69, 9.17) is 5.11 Å². The van der Waals surface area contributed by atoms with Crippen LogP contribution in [0.15, 0.2) is 18.3 Å². The summed E-state index contributed by atoms with van der Waals surface area (Å²) in [5.41, 5.74) is 1.23. The maximum absolute atomic E-state index is 8.88. The predicted molar refractivity (Wildman–Crippen MR) is 64.7 cm³/mol. The highest BCUT2D eigenvalue weighted by atomic mass is 16.3. The van der Waals surface area contributed by atoms with Gasteiger partial charge >= 0.3 is 0 Å². The van der Waals surface area contributed by atoms with Gasteiger partial charge in [0.15, 0.2) is 0 Å². The fourth-order valence-corrected chi connectivity index (χ4v) is 2.13. The SMILES string of the molecule is Cc1cccnc1N1CCN(CCO)CC1. The van der Waals surface area contributed by atoms with E-state index in [1.807, 2.05) is 12.3 Å². The van der Waals surface area contributed by atoms with E-state index in [2.05, 4.69) is 27.8 Å². The second kappa shape index (κ2) is 5.27. The molecule has 0 aromatic carbocycles. The van der Waals surface area contributed by atoms with Crippen LogP contribution < -0.4 is 4.90 Å². The molecule has 16 heavy (non-hydrogen) atoms. The van der Waals surface area contributed by atoms with Crippen molar-refractivity contribution in [3.8, 4) is 0 Å². The Balaban J connectivity index is 1.96. The summed E-state index contributed by atoms with van der Waals surface area (Å²) in [5.74, 6) is 1.10. The molecule has 88 valence electrons. The molecule has 2 rings (SSSR count). The summed E-state index contributed by atoms with van der Waals surface area (Å²) >= 11 is 0. The molecule has 1 saturated heterocycles. The van der Waals surface area contributed by atoms with Gasteiger partial charge in [0.2, 0.25) is 0 Å². The molecule has 0 amide bonds. The smallest absolute Gasteiger partial charge is 0.131 e. The lowest BCUT2D eigenvalue weighted by Gasteiger charge is -2.35. The Bertz CT molecular complexity index is 335. The molecule has 1 fully saturated rings. The van der Waals surface area contributed by atoms with Gasteiger partial charge in [0.25, 0.3) is 0 Å². The number of β-amino-alcohol motifs (C(OH)–C–C–N with tert-alkyl or cyclic N) is 1. The Labute approximate surface area is 96.5 Å². The molecule has 0 bridgehead atoms. The molecule has 1 aliphatic rings. The Hall–Kier alpha value is -1.13. The average molecular weight is 221 g/mol. The van der Waals surface area contributed by atoms with Gasteiger partial charge in [-0.15, -0.1) is 0 Å². The monoisotopic (exact) mass is 221 g/mol. The zero-order valence-corrected chi connectivity index (χ0v) is 9.76. The lowest BCUT2D eigenvalue weighted by Crippen LogP contribution is -2.47. The van der Waals surface area contributed by atoms with Gasteiger partial charge in [-0.1, -0.05) is 6.07 Å². The van der Waals surface area contributed by atoms with Crippen molar-refractivity contribution in [2.45, 2.75) is 6.92 Å². The van der Waals surface area contributed by atoms with Crippen molar-refractivity contribution in [2.75, 3.05) is 44.2 Å². The molecule has 0 aliphatic carbocycles. The maximum atomic E-state index is 8.88. The van der Waals surface area contributed by atoms with E-state index in [9.17, 15) is 0 Å². The van der Waals surface area contributed by atoms with Gasteiger partial charge in [-0.2, -0.15) is 0 Å². The zero-order chi connectivity index (χ0) is 11.4. The van der Waals surface area contributed by atoms with Crippen molar-refractivity contribution in [1.82, 2.24) is 9.88 Å². The minimum absolute atomic E-state index is 0.253. The van der Waals surface area contributed by atoms with E-state index < -0.39 is 0 Å². The van der Waals surface area contributed by atoms with E-state index >= 15 is 0 Å². The van der Waals surface area contributed by atoms with Crippen molar-refractivity contribution in [3.05, 3.63) is 23.9 Å². The van der Waals surface area contributed by atoms with Crippen LogP contribution in [-0.4, -0.2) is 54.3 Å². The topological polar surface area (TPSA) is 39.6 Å². The summed E-state index contributed by atoms with van der Waals surface area (Å²) in [4.78, 5) is 9.04. The van der Waals surface area contributed by atoms with Crippen molar-refractivity contribution >= 4 is 5.82 Å². The second-order valence-electron chi connectivity index (χ2n) is 4.20. The number of anilines is 1. The number of aliphatic hydroxyl groups excluding tert-OH is 1. The fourth-order valence-electron chi connectivity index (χ4n) is 2.13. The van der Waals surface area contributed by atoms with Crippen molar-refractivity contribution in [1.29, 1.82) is 0 Å². The molecule has 4 heteroatoms. The molecule has 1 N–H and O–H groups in total. The van der Waals surface area contributed by atoms with Gasteiger partial charge in [0.1, 0.15) is 5.82 Å². The van der Waals surface area contributed by atoms with Crippen molar-refractivity contribution < 1.29 is 5.11 Å². The standard InChI is InChI=1S/C12H19N3O/c1-11-3-2-4-13-12(11)15-7-5-14(6-8-15)9-10-16/h2-4,16H,5-10H2,1H3. The third-order valence-electron chi connectivity index (χ3n) is 3.07. The fraction of sp³-hybridized carbons (Fsp3) is 0.583. The predicted octanol–water partition coefficient (Wildman–Crippen LogP) is 0.504. The van der Waals surface area contributed by atoms with Crippen LogP contribution in [-0.2, 0) is 0 Å². The van der Waals surface area contributed by atoms with Crippen LogP contribution in [0.25, 0.3) is 0 Å². The lowest BCUT2D eigenvalue weighted by molar-refractivity contribution is 0.188. The molecule has 2 heterocycles. The quantitative estimate of drug-likeness (QED) is 0.807. The third-order valence-corrected chi connectivity index (χ3v) is 3.07. The van der Waals surface area contributed by atoms with Crippen LogP contribution in [0, 0.1) is 6.92 Å². The minimum Gasteiger partial charge on any atom is -0.395 e. The molecule has 4 nitrogen and oxygen atoms in total. The van der Waals surface area contributed by atoms with Crippen LogP contribution in [0.3, 0.4) is 0 Å². The Kier molecular flexibility index (Phi) is 3.74. The van der Waals surface area contributed by atoms with Gasteiger partial charge in [-0.3, -0.25) is 4.90 Å². The molecule has 0 atom stereocenters. The highest BCUT2D eigenvalue weighted by Gasteiger charge is 2.18. The van der Waals surface area contributed by atoms with Gasteiger partial charge in [0.05, 0.1) is 6.61 Å². The number of aryl methyl sites for hydroxylation is 1. The molecular weight excluding hydrogens is 202 g/mol. The number of rotatable bonds is 3. The number of hydrogen-bond acceptors (Lipinski definition) is 4. The molecular formula is C12H19N3O. The molecule has 0 unspecified atom stereocenters. The van der Waals surface area contributed by atoms with Gasteiger partial charge < -0.3 is 10.0 Å². The molecule has 1 aromatic rings. The van der Waals surface area contributed by atoms with E-state index in [1.54, 1.807) is 0 Å². The number of aromatic nitrogens is 1. The maximum Gasteiger partial charge on any atom is 0.131 e. The summed E-state index contributed by atoms with van der Waals surface area (Å²) in [6.07, 6.45) is 1.85. The van der Waals surface area contributed by atoms with Gasteiger partial charge in [-0.25, -0.2) is 4.98 Å². The number of pyridine rings is 1. The summed E-state index contributed by atoms with van der Waals surface area (Å²) in [6.45, 7) is 7.16. The third kappa shape index (κ3) is 2.51. The Morgan fingerprint density at radius 3 is 2.69 bits per heavy atom.